The van der Waals surface area contributed by atoms with E-state index < -0.39 is 29.2 Å². The molecule has 0 aromatic carbocycles. The highest BCUT2D eigenvalue weighted by molar-refractivity contribution is 6.27. The van der Waals surface area contributed by atoms with Crippen molar-refractivity contribution in [3.05, 3.63) is 34.7 Å². The average Bonchev–Trinajstić information content (AvgIpc) is 3.10. The van der Waals surface area contributed by atoms with Gasteiger partial charge in [-0.1, -0.05) is 0 Å². The van der Waals surface area contributed by atoms with Crippen LogP contribution < -0.4 is 0 Å². The Labute approximate surface area is 159 Å². The summed E-state index contributed by atoms with van der Waals surface area (Å²) in [5.74, 6) is -2.20. The van der Waals surface area contributed by atoms with E-state index in [0.29, 0.717) is 25.3 Å². The standard InChI is InChI=1S/C19H20F3NO5/c1-27-6-7-28-9-13-12(4-5-14(23-13)19(20,21)22)18(26)15-16(24)10-2-3-11(8-10)17(15)25/h4-5,10-11,26H,2-3,6-9H2,1H3/t10-,11?/m1/s1. The molecule has 0 aliphatic heterocycles. The number of halogens is 3. The minimum atomic E-state index is -4.68. The van der Waals surface area contributed by atoms with Crippen LogP contribution in [0.4, 0.5) is 13.2 Å². The van der Waals surface area contributed by atoms with Gasteiger partial charge in [-0.15, -0.1) is 0 Å². The van der Waals surface area contributed by atoms with E-state index in [4.69, 9.17) is 9.47 Å². The van der Waals surface area contributed by atoms with E-state index in [0.717, 1.165) is 6.07 Å². The number of ether oxygens (including phenoxy) is 2. The molecular formula is C19H20F3NO5. The molecule has 2 fully saturated rings. The van der Waals surface area contributed by atoms with Gasteiger partial charge in [0.1, 0.15) is 17.0 Å². The number of Topliss-reactive ketones (excluding diaryl/α,β-unsaturated/α-hetero) is 2. The molecule has 2 atom stereocenters. The summed E-state index contributed by atoms with van der Waals surface area (Å²) in [7, 11) is 1.45. The molecule has 0 radical (unpaired) electrons. The molecule has 2 aliphatic rings. The molecule has 0 spiro atoms. The number of rotatable bonds is 6. The Morgan fingerprint density at radius 1 is 1.18 bits per heavy atom. The van der Waals surface area contributed by atoms with Crippen molar-refractivity contribution in [3.63, 3.8) is 0 Å². The molecule has 28 heavy (non-hydrogen) atoms. The van der Waals surface area contributed by atoms with Crippen molar-refractivity contribution in [2.24, 2.45) is 11.8 Å². The molecule has 1 N–H and O–H groups in total. The smallest absolute Gasteiger partial charge is 0.433 e. The third kappa shape index (κ3) is 3.95. The van der Waals surface area contributed by atoms with Crippen LogP contribution in [0.25, 0.3) is 5.76 Å². The number of methoxy groups -OCH3 is 1. The topological polar surface area (TPSA) is 85.7 Å². The summed E-state index contributed by atoms with van der Waals surface area (Å²) in [6.45, 7) is -0.00982. The molecular weight excluding hydrogens is 379 g/mol. The van der Waals surface area contributed by atoms with E-state index in [1.54, 1.807) is 0 Å². The van der Waals surface area contributed by atoms with Crippen LogP contribution in [0.5, 0.6) is 0 Å². The lowest BCUT2D eigenvalue weighted by Crippen LogP contribution is -2.30. The number of hydrogen-bond donors (Lipinski definition) is 1. The summed E-state index contributed by atoms with van der Waals surface area (Å²) < 4.78 is 49.2. The lowest BCUT2D eigenvalue weighted by atomic mass is 9.81. The Bertz CT molecular complexity index is 794. The number of ketones is 2. The highest BCUT2D eigenvalue weighted by atomic mass is 19.4. The second-order valence-corrected chi connectivity index (χ2v) is 6.89. The highest BCUT2D eigenvalue weighted by Crippen LogP contribution is 2.42. The number of aliphatic hydroxyl groups is 1. The fraction of sp³-hybridized carbons (Fsp3) is 0.526. The van der Waals surface area contributed by atoms with Crippen LogP contribution in [-0.2, 0) is 31.8 Å². The lowest BCUT2D eigenvalue weighted by molar-refractivity contribution is -0.141. The second-order valence-electron chi connectivity index (χ2n) is 6.89. The minimum Gasteiger partial charge on any atom is -0.506 e. The maximum Gasteiger partial charge on any atom is 0.433 e. The van der Waals surface area contributed by atoms with Gasteiger partial charge < -0.3 is 14.6 Å². The zero-order valence-electron chi connectivity index (χ0n) is 15.2. The van der Waals surface area contributed by atoms with Crippen LogP contribution in [-0.4, -0.2) is 42.0 Å². The van der Waals surface area contributed by atoms with Crippen LogP contribution >= 0.6 is 0 Å². The van der Waals surface area contributed by atoms with Gasteiger partial charge >= 0.3 is 6.18 Å². The summed E-state index contributed by atoms with van der Waals surface area (Å²) in [6.07, 6.45) is -3.07. The summed E-state index contributed by atoms with van der Waals surface area (Å²) in [5, 5.41) is 10.7. The zero-order chi connectivity index (χ0) is 20.5. The third-order valence-corrected chi connectivity index (χ3v) is 5.09. The van der Waals surface area contributed by atoms with E-state index >= 15 is 0 Å². The van der Waals surface area contributed by atoms with E-state index in [9.17, 15) is 27.9 Å². The minimum absolute atomic E-state index is 0.104. The molecule has 1 heterocycles. The Balaban J connectivity index is 2.01. The summed E-state index contributed by atoms with van der Waals surface area (Å²) >= 11 is 0. The average molecular weight is 399 g/mol. The molecule has 0 saturated heterocycles. The predicted octanol–water partition coefficient (Wildman–Crippen LogP) is 3.10. The monoisotopic (exact) mass is 399 g/mol. The Kier molecular flexibility index (Phi) is 5.85. The maximum atomic E-state index is 13.0. The molecule has 1 unspecified atom stereocenters. The number of carbonyl (C=O) groups is 2. The van der Waals surface area contributed by atoms with E-state index in [1.165, 1.54) is 7.11 Å². The van der Waals surface area contributed by atoms with Crippen LogP contribution in [0, 0.1) is 11.8 Å². The summed E-state index contributed by atoms with van der Waals surface area (Å²) in [6, 6.07) is 1.72. The fourth-order valence-corrected chi connectivity index (χ4v) is 3.65. The SMILES string of the molecule is COCCOCc1nc(C(F)(F)F)ccc1C(O)=C1C(=O)C2CC[C@H](C2)C1=O. The van der Waals surface area contributed by atoms with Gasteiger partial charge in [0, 0.05) is 24.5 Å². The van der Waals surface area contributed by atoms with E-state index in [1.807, 2.05) is 0 Å². The Morgan fingerprint density at radius 2 is 1.82 bits per heavy atom. The van der Waals surface area contributed by atoms with Gasteiger partial charge in [-0.2, -0.15) is 13.2 Å². The number of aliphatic hydroxyl groups excluding tert-OH is 1. The maximum absolute atomic E-state index is 13.0. The number of aromatic nitrogens is 1. The number of fused-ring (bicyclic) bond motifs is 2. The molecule has 1 aromatic heterocycles. The third-order valence-electron chi connectivity index (χ3n) is 5.09. The van der Waals surface area contributed by atoms with Gasteiger partial charge in [-0.05, 0) is 31.4 Å². The number of alkyl halides is 3. The number of hydrogen-bond acceptors (Lipinski definition) is 6. The van der Waals surface area contributed by atoms with Crippen LogP contribution in [0.15, 0.2) is 17.7 Å². The van der Waals surface area contributed by atoms with Gasteiger partial charge in [0.25, 0.3) is 0 Å². The van der Waals surface area contributed by atoms with Crippen molar-refractivity contribution in [2.75, 3.05) is 20.3 Å². The van der Waals surface area contributed by atoms with Gasteiger partial charge in [0.2, 0.25) is 0 Å². The largest absolute Gasteiger partial charge is 0.506 e. The molecule has 9 heteroatoms. The molecule has 152 valence electrons. The molecule has 2 bridgehead atoms. The summed E-state index contributed by atoms with van der Waals surface area (Å²) in [4.78, 5) is 28.7. The number of pyridine rings is 1. The van der Waals surface area contributed by atoms with Gasteiger partial charge in [-0.25, -0.2) is 4.98 Å². The number of nitrogens with zero attached hydrogens (tertiary/aromatic N) is 1. The lowest BCUT2D eigenvalue weighted by Gasteiger charge is -2.21. The van der Waals surface area contributed by atoms with E-state index in [2.05, 4.69) is 4.98 Å². The fourth-order valence-electron chi connectivity index (χ4n) is 3.65. The number of allylic oxidation sites excluding steroid dienone is 1. The van der Waals surface area contributed by atoms with Crippen LogP contribution in [0.1, 0.15) is 36.2 Å². The Hall–Kier alpha value is -2.26. The van der Waals surface area contributed by atoms with Crippen molar-refractivity contribution in [1.29, 1.82) is 0 Å². The van der Waals surface area contributed by atoms with Crippen LogP contribution in [0.2, 0.25) is 0 Å². The molecule has 2 saturated carbocycles. The second kappa shape index (κ2) is 8.00. The number of carbonyl (C=O) groups excluding carboxylic acids is 2. The van der Waals surface area contributed by atoms with Gasteiger partial charge in [-0.3, -0.25) is 9.59 Å². The molecule has 0 amide bonds. The first kappa shape index (κ1) is 20.5. The zero-order valence-corrected chi connectivity index (χ0v) is 15.2. The van der Waals surface area contributed by atoms with Crippen molar-refractivity contribution < 1.29 is 37.3 Å². The summed E-state index contributed by atoms with van der Waals surface area (Å²) in [5.41, 5.74) is -1.79. The molecule has 3 rings (SSSR count). The molecule has 1 aromatic rings. The predicted molar refractivity (Wildman–Crippen MR) is 91.2 cm³/mol. The van der Waals surface area contributed by atoms with Gasteiger partial charge in [0.05, 0.1) is 25.5 Å². The first-order valence-electron chi connectivity index (χ1n) is 8.89. The van der Waals surface area contributed by atoms with Crippen molar-refractivity contribution in [2.45, 2.75) is 32.0 Å². The van der Waals surface area contributed by atoms with Crippen molar-refractivity contribution in [3.8, 4) is 0 Å². The first-order valence-corrected chi connectivity index (χ1v) is 8.89. The van der Waals surface area contributed by atoms with E-state index in [-0.39, 0.29) is 48.5 Å². The molecule has 6 nitrogen and oxygen atoms in total. The Morgan fingerprint density at radius 3 is 2.39 bits per heavy atom. The normalized spacial score (nSPS) is 24.0. The highest BCUT2D eigenvalue weighted by Gasteiger charge is 2.45. The molecule has 2 aliphatic carbocycles. The van der Waals surface area contributed by atoms with Crippen molar-refractivity contribution in [1.82, 2.24) is 4.98 Å². The van der Waals surface area contributed by atoms with Gasteiger partial charge in [0.15, 0.2) is 11.6 Å². The van der Waals surface area contributed by atoms with Crippen molar-refractivity contribution >= 4 is 17.3 Å². The van der Waals surface area contributed by atoms with Crippen LogP contribution in [0.3, 0.4) is 0 Å². The first-order chi connectivity index (χ1) is 13.2. The quantitative estimate of drug-likeness (QED) is 0.342.